The summed E-state index contributed by atoms with van der Waals surface area (Å²) in [6.45, 7) is 6.54. The van der Waals surface area contributed by atoms with Gasteiger partial charge in [0.1, 0.15) is 23.2 Å². The van der Waals surface area contributed by atoms with Gasteiger partial charge in [-0.3, -0.25) is 4.79 Å². The van der Waals surface area contributed by atoms with Crippen LogP contribution in [0, 0.1) is 23.6 Å². The molecule has 3 atom stereocenters. The van der Waals surface area contributed by atoms with Gasteiger partial charge < -0.3 is 4.98 Å². The van der Waals surface area contributed by atoms with Gasteiger partial charge in [0.25, 0.3) is 5.56 Å². The Morgan fingerprint density at radius 3 is 2.96 bits per heavy atom. The Morgan fingerprint density at radius 1 is 1.38 bits per heavy atom. The monoisotopic (exact) mass is 352 g/mol. The normalized spacial score (nSPS) is 23.8. The van der Waals surface area contributed by atoms with Crippen LogP contribution in [0.4, 0.5) is 4.39 Å². The molecule has 0 amide bonds. The lowest BCUT2D eigenvalue weighted by atomic mass is 9.76. The van der Waals surface area contributed by atoms with Crippen molar-refractivity contribution in [1.82, 2.24) is 14.6 Å². The molecule has 3 aromatic rings. The van der Waals surface area contributed by atoms with Crippen LogP contribution in [-0.4, -0.2) is 20.9 Å². The number of nitrogens with one attached hydrogen (secondary N) is 1. The number of nitrogens with zero attached hydrogens (tertiary/aromatic N) is 3. The van der Waals surface area contributed by atoms with E-state index in [1.165, 1.54) is 28.7 Å². The van der Waals surface area contributed by atoms with Crippen LogP contribution in [0.15, 0.2) is 46.1 Å². The maximum Gasteiger partial charge on any atom is 0.298 e. The Balaban J connectivity index is 1.75. The molecule has 0 bridgehead atoms. The van der Waals surface area contributed by atoms with Gasteiger partial charge in [0.2, 0.25) is 0 Å². The maximum absolute atomic E-state index is 13.5. The minimum atomic E-state index is -0.356. The van der Waals surface area contributed by atoms with Crippen molar-refractivity contribution in [3.8, 4) is 0 Å². The fourth-order valence-electron chi connectivity index (χ4n) is 4.02. The summed E-state index contributed by atoms with van der Waals surface area (Å²) in [6, 6.07) is 4.35. The van der Waals surface area contributed by atoms with Crippen molar-refractivity contribution in [2.45, 2.75) is 27.2 Å². The minimum Gasteiger partial charge on any atom is -0.349 e. The van der Waals surface area contributed by atoms with Gasteiger partial charge in [-0.05, 0) is 43.4 Å². The van der Waals surface area contributed by atoms with Crippen LogP contribution in [-0.2, 0) is 0 Å². The smallest absolute Gasteiger partial charge is 0.298 e. The lowest BCUT2D eigenvalue weighted by Gasteiger charge is -2.29. The Bertz CT molecular complexity index is 1110. The van der Waals surface area contributed by atoms with E-state index >= 15 is 0 Å². The summed E-state index contributed by atoms with van der Waals surface area (Å²) in [6.07, 6.45) is 6.57. The number of aromatic amines is 1. The first-order chi connectivity index (χ1) is 12.4. The number of aromatic nitrogens is 3. The molecule has 6 heteroatoms. The molecule has 0 saturated carbocycles. The molecular weight excluding hydrogens is 331 g/mol. The summed E-state index contributed by atoms with van der Waals surface area (Å²) in [5, 5.41) is 4.99. The van der Waals surface area contributed by atoms with E-state index in [2.05, 4.69) is 41.9 Å². The molecule has 0 fully saturated rings. The number of halogens is 1. The van der Waals surface area contributed by atoms with Gasteiger partial charge in [-0.2, -0.15) is 9.78 Å². The zero-order chi connectivity index (χ0) is 18.4. The van der Waals surface area contributed by atoms with Crippen molar-refractivity contribution in [3.05, 3.63) is 52.3 Å². The van der Waals surface area contributed by atoms with Crippen LogP contribution < -0.4 is 5.56 Å². The second-order valence-corrected chi connectivity index (χ2v) is 7.33. The average molecular weight is 352 g/mol. The fourth-order valence-corrected chi connectivity index (χ4v) is 4.02. The highest BCUT2D eigenvalue weighted by atomic mass is 19.1. The molecule has 0 aliphatic heterocycles. The van der Waals surface area contributed by atoms with Gasteiger partial charge in [-0.1, -0.05) is 25.5 Å². The summed E-state index contributed by atoms with van der Waals surface area (Å²) in [7, 11) is 0. The highest BCUT2D eigenvalue weighted by molar-refractivity contribution is 6.04. The van der Waals surface area contributed by atoms with Gasteiger partial charge in [-0.25, -0.2) is 9.37 Å². The maximum atomic E-state index is 13.5. The molecule has 1 aliphatic rings. The Hall–Kier alpha value is -2.76. The minimum absolute atomic E-state index is 0.276. The van der Waals surface area contributed by atoms with Crippen molar-refractivity contribution in [2.24, 2.45) is 22.9 Å². The summed E-state index contributed by atoms with van der Waals surface area (Å²) < 4.78 is 14.7. The number of hydrogen-bond acceptors (Lipinski definition) is 3. The summed E-state index contributed by atoms with van der Waals surface area (Å²) in [5.41, 5.74) is 2.61. The topological polar surface area (TPSA) is 63.0 Å². The third kappa shape index (κ3) is 2.75. The third-order valence-electron chi connectivity index (χ3n) is 5.27. The van der Waals surface area contributed by atoms with Crippen LogP contribution in [0.1, 0.15) is 27.2 Å². The van der Waals surface area contributed by atoms with Crippen molar-refractivity contribution in [1.29, 1.82) is 0 Å². The fraction of sp³-hybridized carbons (Fsp3) is 0.350. The van der Waals surface area contributed by atoms with Crippen LogP contribution in [0.3, 0.4) is 0 Å². The van der Waals surface area contributed by atoms with E-state index in [9.17, 15) is 9.18 Å². The lowest BCUT2D eigenvalue weighted by Crippen LogP contribution is -2.26. The largest absolute Gasteiger partial charge is 0.349 e. The van der Waals surface area contributed by atoms with Gasteiger partial charge in [-0.15, -0.1) is 0 Å². The zero-order valence-corrected chi connectivity index (χ0v) is 15.0. The third-order valence-corrected chi connectivity index (χ3v) is 5.27. The molecule has 1 aliphatic carbocycles. The van der Waals surface area contributed by atoms with E-state index in [0.29, 0.717) is 33.8 Å². The molecule has 0 unspecified atom stereocenters. The molecule has 5 nitrogen and oxygen atoms in total. The average Bonchev–Trinajstić information content (AvgIpc) is 2.94. The first-order valence-electron chi connectivity index (χ1n) is 8.84. The van der Waals surface area contributed by atoms with E-state index in [-0.39, 0.29) is 17.3 Å². The van der Waals surface area contributed by atoms with Gasteiger partial charge >= 0.3 is 0 Å². The van der Waals surface area contributed by atoms with Gasteiger partial charge in [0, 0.05) is 23.0 Å². The van der Waals surface area contributed by atoms with Crippen LogP contribution >= 0.6 is 0 Å². The molecule has 2 heterocycles. The first kappa shape index (κ1) is 16.7. The van der Waals surface area contributed by atoms with Gasteiger partial charge in [0.05, 0.1) is 0 Å². The molecule has 1 aromatic carbocycles. The highest BCUT2D eigenvalue weighted by Gasteiger charge is 2.25. The summed E-state index contributed by atoms with van der Waals surface area (Å²) in [4.78, 5) is 20.1. The molecule has 134 valence electrons. The van der Waals surface area contributed by atoms with E-state index in [1.54, 1.807) is 6.07 Å². The Kier molecular flexibility index (Phi) is 3.98. The predicted octanol–water partition coefficient (Wildman–Crippen LogP) is 4.09. The van der Waals surface area contributed by atoms with Gasteiger partial charge in [0.15, 0.2) is 0 Å². The van der Waals surface area contributed by atoms with Crippen LogP contribution in [0.2, 0.25) is 0 Å². The van der Waals surface area contributed by atoms with Crippen LogP contribution in [0.5, 0.6) is 0 Å². The Morgan fingerprint density at radius 2 is 2.19 bits per heavy atom. The second kappa shape index (κ2) is 6.20. The number of H-pyrrole nitrogens is 1. The number of fused-ring (bicyclic) bond motifs is 3. The first-order valence-corrected chi connectivity index (χ1v) is 8.84. The van der Waals surface area contributed by atoms with E-state index in [1.807, 2.05) is 6.21 Å². The molecule has 0 radical (unpaired) electrons. The number of allylic oxidation sites excluding steroid dienone is 2. The predicted molar refractivity (Wildman–Crippen MR) is 102 cm³/mol. The van der Waals surface area contributed by atoms with Crippen molar-refractivity contribution in [3.63, 3.8) is 0 Å². The number of benzene rings is 1. The zero-order valence-electron chi connectivity index (χ0n) is 15.0. The summed E-state index contributed by atoms with van der Waals surface area (Å²) in [5.74, 6) is 0.775. The molecule has 0 spiro atoms. The SMILES string of the molecule is CC1=C[C@@H](C)[C@H](/C=N\n2cnc3c([nH]c4ccc(F)cc43)c2=O)[C@H](C)C1. The molecule has 26 heavy (non-hydrogen) atoms. The molecule has 2 aromatic heterocycles. The Labute approximate surface area is 150 Å². The lowest BCUT2D eigenvalue weighted by molar-refractivity contribution is 0.361. The van der Waals surface area contributed by atoms with Crippen molar-refractivity contribution in [2.75, 3.05) is 0 Å². The standard InChI is InChI=1S/C20H21FN4O/c1-11-6-12(2)16(13(3)7-11)9-23-25-10-22-18-15-8-14(21)4-5-17(15)24-19(18)20(25)26/h4-6,8-10,12-13,16,24H,7H2,1-3H3/b23-9-/t12-,13-,16+/m1/s1. The second-order valence-electron chi connectivity index (χ2n) is 7.33. The van der Waals surface area contributed by atoms with E-state index in [0.717, 1.165) is 6.42 Å². The molecular formula is C20H21FN4O. The molecule has 1 N–H and O–H groups in total. The van der Waals surface area contributed by atoms with Crippen molar-refractivity contribution < 1.29 is 4.39 Å². The van der Waals surface area contributed by atoms with E-state index < -0.39 is 0 Å². The van der Waals surface area contributed by atoms with Crippen LogP contribution in [0.25, 0.3) is 21.9 Å². The van der Waals surface area contributed by atoms with Crippen molar-refractivity contribution >= 4 is 28.2 Å². The number of rotatable bonds is 2. The van der Waals surface area contributed by atoms with E-state index in [4.69, 9.17) is 0 Å². The number of hydrogen-bond donors (Lipinski definition) is 1. The molecule has 4 rings (SSSR count). The highest BCUT2D eigenvalue weighted by Crippen LogP contribution is 2.32. The quantitative estimate of drug-likeness (QED) is 0.558. The summed E-state index contributed by atoms with van der Waals surface area (Å²) >= 11 is 0. The molecule has 0 saturated heterocycles.